The van der Waals surface area contributed by atoms with Gasteiger partial charge in [0.25, 0.3) is 5.91 Å². The standard InChI is InChI=1S/C15H22ClNO/c1-3-5-11-17(12-6-4-2)15(18)13-9-7-8-10-14(13)16/h7-10H,3-6,11-12H2,1-2H3. The summed E-state index contributed by atoms with van der Waals surface area (Å²) in [6.07, 6.45) is 4.27. The molecule has 0 radical (unpaired) electrons. The molecular formula is C15H22ClNO. The van der Waals surface area contributed by atoms with Crippen LogP contribution in [0.1, 0.15) is 49.9 Å². The Kier molecular flexibility index (Phi) is 6.81. The molecule has 0 spiro atoms. The van der Waals surface area contributed by atoms with E-state index in [-0.39, 0.29) is 5.91 Å². The Morgan fingerprint density at radius 3 is 2.17 bits per heavy atom. The fourth-order valence-electron chi connectivity index (χ4n) is 1.82. The quantitative estimate of drug-likeness (QED) is 0.718. The minimum atomic E-state index is 0.0579. The molecule has 0 saturated carbocycles. The van der Waals surface area contributed by atoms with E-state index in [2.05, 4.69) is 13.8 Å². The average molecular weight is 268 g/mol. The summed E-state index contributed by atoms with van der Waals surface area (Å²) < 4.78 is 0. The second-order valence-corrected chi connectivity index (χ2v) is 4.89. The summed E-state index contributed by atoms with van der Waals surface area (Å²) >= 11 is 6.08. The number of amides is 1. The van der Waals surface area contributed by atoms with Crippen molar-refractivity contribution in [3.05, 3.63) is 34.9 Å². The molecule has 0 aliphatic heterocycles. The Morgan fingerprint density at radius 1 is 1.11 bits per heavy atom. The maximum Gasteiger partial charge on any atom is 0.255 e. The highest BCUT2D eigenvalue weighted by atomic mass is 35.5. The molecule has 0 aliphatic carbocycles. The van der Waals surface area contributed by atoms with Crippen LogP contribution in [0.2, 0.25) is 5.02 Å². The molecular weight excluding hydrogens is 246 g/mol. The van der Waals surface area contributed by atoms with Gasteiger partial charge in [-0.25, -0.2) is 0 Å². The van der Waals surface area contributed by atoms with Crippen LogP contribution in [0.3, 0.4) is 0 Å². The van der Waals surface area contributed by atoms with Crippen LogP contribution in [-0.2, 0) is 0 Å². The average Bonchev–Trinajstić information content (AvgIpc) is 2.39. The molecule has 100 valence electrons. The number of benzene rings is 1. The minimum absolute atomic E-state index is 0.0579. The van der Waals surface area contributed by atoms with Crippen LogP contribution in [0.15, 0.2) is 24.3 Å². The van der Waals surface area contributed by atoms with Crippen molar-refractivity contribution in [2.45, 2.75) is 39.5 Å². The van der Waals surface area contributed by atoms with E-state index in [0.717, 1.165) is 38.8 Å². The highest BCUT2D eigenvalue weighted by Crippen LogP contribution is 2.17. The van der Waals surface area contributed by atoms with Crippen LogP contribution < -0.4 is 0 Å². The van der Waals surface area contributed by atoms with Crippen LogP contribution in [0.5, 0.6) is 0 Å². The first-order valence-corrected chi connectivity index (χ1v) is 7.12. The normalized spacial score (nSPS) is 10.4. The third-order valence-electron chi connectivity index (χ3n) is 2.95. The molecule has 0 bridgehead atoms. The smallest absolute Gasteiger partial charge is 0.255 e. The molecule has 0 N–H and O–H groups in total. The van der Waals surface area contributed by atoms with E-state index in [4.69, 9.17) is 11.6 Å². The summed E-state index contributed by atoms with van der Waals surface area (Å²) in [5, 5.41) is 0.542. The number of carbonyl (C=O) groups is 1. The fourth-order valence-corrected chi connectivity index (χ4v) is 2.03. The summed E-state index contributed by atoms with van der Waals surface area (Å²) in [7, 11) is 0. The molecule has 0 heterocycles. The van der Waals surface area contributed by atoms with Gasteiger partial charge in [0.05, 0.1) is 10.6 Å². The Balaban J connectivity index is 2.77. The van der Waals surface area contributed by atoms with Crippen molar-refractivity contribution in [2.75, 3.05) is 13.1 Å². The third kappa shape index (κ3) is 4.34. The van der Waals surface area contributed by atoms with Crippen molar-refractivity contribution in [1.82, 2.24) is 4.90 Å². The van der Waals surface area contributed by atoms with Gasteiger partial charge in [0.2, 0.25) is 0 Å². The van der Waals surface area contributed by atoms with Crippen LogP contribution in [0, 0.1) is 0 Å². The molecule has 1 rings (SSSR count). The fraction of sp³-hybridized carbons (Fsp3) is 0.533. The first kappa shape index (κ1) is 15.0. The summed E-state index contributed by atoms with van der Waals surface area (Å²) in [5.41, 5.74) is 0.617. The molecule has 3 heteroatoms. The van der Waals surface area contributed by atoms with Crippen LogP contribution in [0.25, 0.3) is 0 Å². The van der Waals surface area contributed by atoms with Crippen LogP contribution in [-0.4, -0.2) is 23.9 Å². The SMILES string of the molecule is CCCCN(CCCC)C(=O)c1ccccc1Cl. The van der Waals surface area contributed by atoms with Gasteiger partial charge in [-0.3, -0.25) is 4.79 Å². The second kappa shape index (κ2) is 8.15. The number of unbranched alkanes of at least 4 members (excludes halogenated alkanes) is 2. The lowest BCUT2D eigenvalue weighted by molar-refractivity contribution is 0.0751. The minimum Gasteiger partial charge on any atom is -0.339 e. The molecule has 1 aromatic carbocycles. The maximum absolute atomic E-state index is 12.4. The van der Waals surface area contributed by atoms with E-state index in [1.807, 2.05) is 17.0 Å². The van der Waals surface area contributed by atoms with Crippen molar-refractivity contribution in [3.63, 3.8) is 0 Å². The van der Waals surface area contributed by atoms with Gasteiger partial charge in [-0.1, -0.05) is 50.4 Å². The van der Waals surface area contributed by atoms with Gasteiger partial charge in [0, 0.05) is 13.1 Å². The highest BCUT2D eigenvalue weighted by Gasteiger charge is 2.16. The largest absolute Gasteiger partial charge is 0.339 e. The van der Waals surface area contributed by atoms with Crippen LogP contribution >= 0.6 is 11.6 Å². The second-order valence-electron chi connectivity index (χ2n) is 4.48. The van der Waals surface area contributed by atoms with Gasteiger partial charge in [0.15, 0.2) is 0 Å². The van der Waals surface area contributed by atoms with E-state index in [0.29, 0.717) is 10.6 Å². The van der Waals surface area contributed by atoms with E-state index in [9.17, 15) is 4.79 Å². The van der Waals surface area contributed by atoms with Crippen molar-refractivity contribution < 1.29 is 4.79 Å². The first-order valence-electron chi connectivity index (χ1n) is 6.74. The predicted octanol–water partition coefficient (Wildman–Crippen LogP) is 4.38. The third-order valence-corrected chi connectivity index (χ3v) is 3.28. The molecule has 2 nitrogen and oxygen atoms in total. The number of nitrogens with zero attached hydrogens (tertiary/aromatic N) is 1. The van der Waals surface area contributed by atoms with E-state index >= 15 is 0 Å². The molecule has 0 saturated heterocycles. The van der Waals surface area contributed by atoms with Gasteiger partial charge in [-0.15, -0.1) is 0 Å². The number of hydrogen-bond donors (Lipinski definition) is 0. The summed E-state index contributed by atoms with van der Waals surface area (Å²) in [6, 6.07) is 7.28. The molecule has 0 atom stereocenters. The van der Waals surface area contributed by atoms with Gasteiger partial charge in [-0.2, -0.15) is 0 Å². The summed E-state index contributed by atoms with van der Waals surface area (Å²) in [4.78, 5) is 14.3. The molecule has 1 amide bonds. The Labute approximate surface area is 115 Å². The monoisotopic (exact) mass is 267 g/mol. The molecule has 18 heavy (non-hydrogen) atoms. The van der Waals surface area contributed by atoms with Gasteiger partial charge < -0.3 is 4.90 Å². The lowest BCUT2D eigenvalue weighted by Crippen LogP contribution is -2.33. The lowest BCUT2D eigenvalue weighted by Gasteiger charge is -2.23. The molecule has 0 aliphatic rings. The topological polar surface area (TPSA) is 20.3 Å². The van der Waals surface area contributed by atoms with Gasteiger partial charge in [-0.05, 0) is 25.0 Å². The number of carbonyl (C=O) groups excluding carboxylic acids is 1. The molecule has 0 aromatic heterocycles. The summed E-state index contributed by atoms with van der Waals surface area (Å²) in [6.45, 7) is 5.91. The van der Waals surface area contributed by atoms with Crippen LogP contribution in [0.4, 0.5) is 0 Å². The highest BCUT2D eigenvalue weighted by molar-refractivity contribution is 6.33. The number of rotatable bonds is 7. The zero-order valence-corrected chi connectivity index (χ0v) is 12.0. The van der Waals surface area contributed by atoms with E-state index in [1.54, 1.807) is 12.1 Å². The van der Waals surface area contributed by atoms with Crippen molar-refractivity contribution in [3.8, 4) is 0 Å². The zero-order chi connectivity index (χ0) is 13.4. The number of hydrogen-bond acceptors (Lipinski definition) is 1. The Bertz CT molecular complexity index is 371. The molecule has 1 aromatic rings. The van der Waals surface area contributed by atoms with Crippen molar-refractivity contribution in [2.24, 2.45) is 0 Å². The zero-order valence-electron chi connectivity index (χ0n) is 11.3. The maximum atomic E-state index is 12.4. The predicted molar refractivity (Wildman–Crippen MR) is 77.2 cm³/mol. The van der Waals surface area contributed by atoms with Crippen molar-refractivity contribution in [1.29, 1.82) is 0 Å². The van der Waals surface area contributed by atoms with E-state index < -0.39 is 0 Å². The first-order chi connectivity index (χ1) is 8.70. The van der Waals surface area contributed by atoms with Gasteiger partial charge >= 0.3 is 0 Å². The summed E-state index contributed by atoms with van der Waals surface area (Å²) in [5.74, 6) is 0.0579. The molecule has 0 fully saturated rings. The van der Waals surface area contributed by atoms with E-state index in [1.165, 1.54) is 0 Å². The Morgan fingerprint density at radius 2 is 1.67 bits per heavy atom. The number of halogens is 1. The van der Waals surface area contributed by atoms with Crippen molar-refractivity contribution >= 4 is 17.5 Å². The lowest BCUT2D eigenvalue weighted by atomic mass is 10.1. The van der Waals surface area contributed by atoms with Gasteiger partial charge in [0.1, 0.15) is 0 Å². The Hall–Kier alpha value is -1.02. The molecule has 0 unspecified atom stereocenters.